The molecule has 1 aromatic carbocycles. The Bertz CT molecular complexity index is 638. The number of unbranched alkanes of at least 4 members (excludes halogenated alkanes) is 1. The fraction of sp³-hybridized carbons (Fsp3) is 0.353. The Hall–Kier alpha value is -1.66. The van der Waals surface area contributed by atoms with Gasteiger partial charge >= 0.3 is 0 Å². The molecule has 122 valence electrons. The number of benzene rings is 1. The van der Waals surface area contributed by atoms with Crippen molar-refractivity contribution in [3.8, 4) is 0 Å². The van der Waals surface area contributed by atoms with Gasteiger partial charge in [-0.05, 0) is 42.9 Å². The van der Waals surface area contributed by atoms with Gasteiger partial charge in [0.25, 0.3) is 5.91 Å². The van der Waals surface area contributed by atoms with Gasteiger partial charge in [0.05, 0.1) is 4.91 Å². The number of hydrogen-bond acceptors (Lipinski definition) is 5. The molecule has 2 rings (SSSR count). The van der Waals surface area contributed by atoms with Gasteiger partial charge in [0.1, 0.15) is 4.32 Å². The number of aryl methyl sites for hydroxylation is 1. The minimum absolute atomic E-state index is 0.00834. The fourth-order valence-corrected chi connectivity index (χ4v) is 3.54. The summed E-state index contributed by atoms with van der Waals surface area (Å²) in [5.41, 5.74) is 2.22. The number of thiocarbonyl (C=S) groups is 1. The average molecular weight is 348 g/mol. The summed E-state index contributed by atoms with van der Waals surface area (Å²) in [5, 5.41) is 10.4. The zero-order valence-corrected chi connectivity index (χ0v) is 14.5. The molecule has 0 spiro atoms. The summed E-state index contributed by atoms with van der Waals surface area (Å²) < 4.78 is 0.528. The maximum absolute atomic E-state index is 12.4. The lowest BCUT2D eigenvalue weighted by Crippen LogP contribution is -2.29. The Morgan fingerprint density at radius 2 is 2.00 bits per heavy atom. The number of aliphatic carboxylic acids is 1. The monoisotopic (exact) mass is 348 g/mol. The summed E-state index contributed by atoms with van der Waals surface area (Å²) >= 11 is 6.54. The van der Waals surface area contributed by atoms with Crippen LogP contribution in [0.4, 0.5) is 0 Å². The van der Waals surface area contributed by atoms with Gasteiger partial charge in [-0.3, -0.25) is 9.69 Å². The van der Waals surface area contributed by atoms with Crippen LogP contribution in [0.5, 0.6) is 0 Å². The van der Waals surface area contributed by atoms with Gasteiger partial charge in [0.15, 0.2) is 0 Å². The van der Waals surface area contributed by atoms with E-state index in [1.165, 1.54) is 17.3 Å². The Balaban J connectivity index is 1.99. The highest BCUT2D eigenvalue weighted by molar-refractivity contribution is 8.26. The molecule has 0 unspecified atom stereocenters. The van der Waals surface area contributed by atoms with Gasteiger partial charge in [-0.1, -0.05) is 55.2 Å². The summed E-state index contributed by atoms with van der Waals surface area (Å²) in [4.78, 5) is 24.9. The largest absolute Gasteiger partial charge is 0.550 e. The zero-order valence-electron chi connectivity index (χ0n) is 12.9. The van der Waals surface area contributed by atoms with E-state index in [0.717, 1.165) is 12.0 Å². The van der Waals surface area contributed by atoms with Crippen LogP contribution in [-0.2, 0) is 16.0 Å². The first kappa shape index (κ1) is 17.7. The number of nitrogens with zero attached hydrogens (tertiary/aromatic N) is 1. The van der Waals surface area contributed by atoms with E-state index in [0.29, 0.717) is 28.6 Å². The van der Waals surface area contributed by atoms with Gasteiger partial charge in [-0.15, -0.1) is 0 Å². The molecule has 1 aromatic rings. The molecule has 0 aromatic heterocycles. The van der Waals surface area contributed by atoms with Crippen molar-refractivity contribution in [2.24, 2.45) is 0 Å². The van der Waals surface area contributed by atoms with Crippen molar-refractivity contribution in [3.63, 3.8) is 0 Å². The summed E-state index contributed by atoms with van der Waals surface area (Å²) in [6.07, 6.45) is 3.92. The first-order chi connectivity index (χ1) is 11.0. The predicted molar refractivity (Wildman–Crippen MR) is 94.6 cm³/mol. The molecule has 1 heterocycles. The third-order valence-corrected chi connectivity index (χ3v) is 4.95. The predicted octanol–water partition coefficient (Wildman–Crippen LogP) is 2.37. The van der Waals surface area contributed by atoms with E-state index in [1.54, 1.807) is 4.90 Å². The summed E-state index contributed by atoms with van der Waals surface area (Å²) in [5.74, 6) is -1.17. The fourth-order valence-electron chi connectivity index (χ4n) is 2.23. The molecule has 1 fully saturated rings. The molecule has 0 atom stereocenters. The number of hydrogen-bond donors (Lipinski definition) is 0. The van der Waals surface area contributed by atoms with Crippen LogP contribution in [0.15, 0.2) is 29.2 Å². The van der Waals surface area contributed by atoms with E-state index in [9.17, 15) is 14.7 Å². The van der Waals surface area contributed by atoms with Crippen molar-refractivity contribution in [1.82, 2.24) is 4.90 Å². The Morgan fingerprint density at radius 1 is 1.30 bits per heavy atom. The smallest absolute Gasteiger partial charge is 0.266 e. The average Bonchev–Trinajstić information content (AvgIpc) is 2.79. The SMILES string of the molecule is CCc1ccc(/C=C2\SC(=S)N(CCCCC(=O)[O-])C2=O)cc1. The molecule has 4 nitrogen and oxygen atoms in total. The molecule has 6 heteroatoms. The van der Waals surface area contributed by atoms with Gasteiger partial charge in [0, 0.05) is 12.5 Å². The minimum atomic E-state index is -1.06. The maximum atomic E-state index is 12.4. The van der Waals surface area contributed by atoms with Crippen LogP contribution in [-0.4, -0.2) is 27.6 Å². The van der Waals surface area contributed by atoms with E-state index in [-0.39, 0.29) is 12.3 Å². The van der Waals surface area contributed by atoms with Gasteiger partial charge in [-0.25, -0.2) is 0 Å². The van der Waals surface area contributed by atoms with Gasteiger partial charge in [0.2, 0.25) is 0 Å². The highest BCUT2D eigenvalue weighted by Crippen LogP contribution is 2.32. The lowest BCUT2D eigenvalue weighted by atomic mass is 10.1. The third kappa shape index (κ3) is 4.91. The second-order valence-electron chi connectivity index (χ2n) is 5.26. The highest BCUT2D eigenvalue weighted by Gasteiger charge is 2.31. The number of thioether (sulfide) groups is 1. The van der Waals surface area contributed by atoms with Gasteiger partial charge in [-0.2, -0.15) is 0 Å². The summed E-state index contributed by atoms with van der Waals surface area (Å²) in [7, 11) is 0. The Morgan fingerprint density at radius 3 is 2.61 bits per heavy atom. The van der Waals surface area contributed by atoms with E-state index < -0.39 is 5.97 Å². The molecule has 0 saturated carbocycles. The van der Waals surface area contributed by atoms with Gasteiger partial charge < -0.3 is 9.90 Å². The topological polar surface area (TPSA) is 60.4 Å². The number of carbonyl (C=O) groups excluding carboxylic acids is 2. The molecule has 23 heavy (non-hydrogen) atoms. The number of carboxylic acid groups (broad SMARTS) is 1. The highest BCUT2D eigenvalue weighted by atomic mass is 32.2. The normalized spacial score (nSPS) is 16.4. The van der Waals surface area contributed by atoms with Crippen molar-refractivity contribution in [1.29, 1.82) is 0 Å². The molecule has 0 radical (unpaired) electrons. The quantitative estimate of drug-likeness (QED) is 0.430. The van der Waals surface area contributed by atoms with Crippen LogP contribution in [0.1, 0.15) is 37.3 Å². The lowest BCUT2D eigenvalue weighted by Gasteiger charge is -2.14. The lowest BCUT2D eigenvalue weighted by molar-refractivity contribution is -0.305. The number of amides is 1. The van der Waals surface area contributed by atoms with Crippen molar-refractivity contribution in [3.05, 3.63) is 40.3 Å². The zero-order chi connectivity index (χ0) is 16.8. The molecule has 0 N–H and O–H groups in total. The maximum Gasteiger partial charge on any atom is 0.266 e. The van der Waals surface area contributed by atoms with E-state index in [2.05, 4.69) is 6.92 Å². The molecular weight excluding hydrogens is 330 g/mol. The number of rotatable bonds is 7. The van der Waals surface area contributed by atoms with Crippen molar-refractivity contribution in [2.75, 3.05) is 6.54 Å². The van der Waals surface area contributed by atoms with Crippen LogP contribution in [0, 0.1) is 0 Å². The molecule has 0 aliphatic carbocycles. The van der Waals surface area contributed by atoms with Crippen LogP contribution in [0.3, 0.4) is 0 Å². The Kier molecular flexibility index (Phi) is 6.36. The summed E-state index contributed by atoms with van der Waals surface area (Å²) in [6, 6.07) is 8.08. The van der Waals surface area contributed by atoms with E-state index in [1.807, 2.05) is 30.3 Å². The minimum Gasteiger partial charge on any atom is -0.550 e. The van der Waals surface area contributed by atoms with E-state index >= 15 is 0 Å². The van der Waals surface area contributed by atoms with Crippen molar-refractivity contribution < 1.29 is 14.7 Å². The van der Waals surface area contributed by atoms with Crippen LogP contribution >= 0.6 is 24.0 Å². The van der Waals surface area contributed by atoms with E-state index in [4.69, 9.17) is 12.2 Å². The van der Waals surface area contributed by atoms with Crippen LogP contribution in [0.25, 0.3) is 6.08 Å². The first-order valence-electron chi connectivity index (χ1n) is 7.55. The number of carbonyl (C=O) groups is 2. The molecule has 0 bridgehead atoms. The van der Waals surface area contributed by atoms with Crippen LogP contribution in [0.2, 0.25) is 0 Å². The van der Waals surface area contributed by atoms with Crippen molar-refractivity contribution in [2.45, 2.75) is 32.6 Å². The first-order valence-corrected chi connectivity index (χ1v) is 8.78. The molecule has 1 saturated heterocycles. The Labute approximate surface area is 145 Å². The standard InChI is InChI=1S/C17H19NO3S2/c1-2-12-6-8-13(9-7-12)11-14-16(21)18(17(22)23-14)10-4-3-5-15(19)20/h6-9,11H,2-5,10H2,1H3,(H,19,20)/p-1/b14-11-. The number of carboxylic acids is 1. The summed E-state index contributed by atoms with van der Waals surface area (Å²) in [6.45, 7) is 2.55. The second kappa shape index (κ2) is 8.26. The molecular formula is C17H18NO3S2-. The molecule has 1 aliphatic heterocycles. The second-order valence-corrected chi connectivity index (χ2v) is 6.93. The van der Waals surface area contributed by atoms with Crippen molar-refractivity contribution >= 4 is 46.3 Å². The molecule has 1 aliphatic rings. The third-order valence-electron chi connectivity index (χ3n) is 3.57. The molecule has 1 amide bonds. The van der Waals surface area contributed by atoms with Crippen LogP contribution < -0.4 is 5.11 Å².